The number of ether oxygens (including phenoxy) is 2. The lowest BCUT2D eigenvalue weighted by Crippen LogP contribution is -2.88. The van der Waals surface area contributed by atoms with Gasteiger partial charge in [-0.15, -0.1) is 0 Å². The van der Waals surface area contributed by atoms with Gasteiger partial charge < -0.3 is 29.9 Å². The Morgan fingerprint density at radius 3 is 2.55 bits per heavy atom. The largest absolute Gasteiger partial charge is 0.392 e. The van der Waals surface area contributed by atoms with Gasteiger partial charge in [-0.3, -0.25) is 4.79 Å². The molecule has 174 valence electrons. The lowest BCUT2D eigenvalue weighted by Gasteiger charge is -2.76. The highest BCUT2D eigenvalue weighted by molar-refractivity contribution is 6.05. The minimum absolute atomic E-state index is 0.285. The highest BCUT2D eigenvalue weighted by Gasteiger charge is 2.89. The number of Topliss-reactive ketones (excluding diaryl/α,β-unsaturated/α-hetero) is 1. The number of fused-ring (bicyclic) bond motifs is 2. The second-order valence-electron chi connectivity index (χ2n) is 11.2. The van der Waals surface area contributed by atoms with Crippen LogP contribution in [-0.2, 0) is 14.3 Å². The van der Waals surface area contributed by atoms with E-state index < -0.39 is 70.2 Å². The van der Waals surface area contributed by atoms with Crippen LogP contribution >= 0.6 is 0 Å². The molecule has 2 saturated heterocycles. The molecule has 4 saturated carbocycles. The second kappa shape index (κ2) is 6.61. The molecule has 6 aliphatic rings. The number of carbonyl (C=O) groups is 1. The van der Waals surface area contributed by atoms with Crippen molar-refractivity contribution < 1.29 is 34.7 Å². The van der Waals surface area contributed by atoms with Crippen molar-refractivity contribution in [3.63, 3.8) is 0 Å². The Labute approximate surface area is 183 Å². The summed E-state index contributed by atoms with van der Waals surface area (Å²) in [5.41, 5.74) is -2.98. The minimum Gasteiger partial charge on any atom is -0.392 e. The van der Waals surface area contributed by atoms with Crippen LogP contribution in [0, 0.1) is 34.0 Å². The molecule has 4 aliphatic carbocycles. The number of ketones is 1. The molecular weight excluding hydrogens is 400 g/mol. The fourth-order valence-corrected chi connectivity index (χ4v) is 8.45. The summed E-state index contributed by atoms with van der Waals surface area (Å²) in [6.07, 6.45) is -0.575. The molecule has 0 aromatic rings. The summed E-state index contributed by atoms with van der Waals surface area (Å²) in [5.74, 6) is -4.33. The third-order valence-electron chi connectivity index (χ3n) is 9.67. The minimum atomic E-state index is -2.30. The third-order valence-corrected chi connectivity index (χ3v) is 9.67. The first kappa shape index (κ1) is 22.0. The smallest absolute Gasteiger partial charge is 0.211 e. The zero-order valence-electron chi connectivity index (χ0n) is 18.7. The number of carbonyl (C=O) groups excluding carboxylic acids is 1. The Balaban J connectivity index is 1.76. The number of unbranched alkanes of at least 4 members (excludes halogenated alkanes) is 1. The van der Waals surface area contributed by atoms with Crippen molar-refractivity contribution in [3.05, 3.63) is 12.2 Å². The predicted molar refractivity (Wildman–Crippen MR) is 110 cm³/mol. The van der Waals surface area contributed by atoms with Crippen molar-refractivity contribution in [1.29, 1.82) is 0 Å². The third kappa shape index (κ3) is 2.19. The van der Waals surface area contributed by atoms with Crippen molar-refractivity contribution in [1.82, 2.24) is 0 Å². The van der Waals surface area contributed by atoms with Gasteiger partial charge in [0.2, 0.25) is 5.79 Å². The van der Waals surface area contributed by atoms with E-state index in [1.165, 1.54) is 0 Å². The first-order valence-corrected chi connectivity index (χ1v) is 11.8. The van der Waals surface area contributed by atoms with Gasteiger partial charge in [-0.25, -0.2) is 0 Å². The van der Waals surface area contributed by atoms with Crippen LogP contribution in [0.3, 0.4) is 0 Å². The molecular formula is C24H36O7. The maximum absolute atomic E-state index is 13.7. The van der Waals surface area contributed by atoms with E-state index in [0.29, 0.717) is 32.3 Å². The molecule has 7 nitrogen and oxygen atoms in total. The van der Waals surface area contributed by atoms with Crippen LogP contribution in [0.5, 0.6) is 0 Å². The Hall–Kier alpha value is -0.830. The molecule has 4 N–H and O–H groups in total. The molecule has 4 bridgehead atoms. The molecule has 7 heteroatoms. The van der Waals surface area contributed by atoms with E-state index in [4.69, 9.17) is 9.47 Å². The van der Waals surface area contributed by atoms with E-state index in [1.807, 2.05) is 20.8 Å². The standard InChI is InChI=1S/C24H36O7/c1-5-6-11-30-20-22-14-8-7-13-12(2)17(26)23(14,18(13)27)24(29,31-20)19(28)16(22)21(3,4)10-9-15(22)25/h13-16,18-20,25,27-29H,2,5-11H2,1,3-4H3/t13-,14-,15-,16+,18+,19-,20-,22-,23-,24-/m0/s1. The number of aliphatic hydroxyl groups excluding tert-OH is 3. The SMILES string of the molecule is C=C1C(=O)[C@]23[C@H](O)[C@H]1CC[C@H]2[C@@]12[C@@H](OCCCC)O[C@@]3(O)[C@@H](O)[C@@H]1C(C)(C)CC[C@@H]2O. The molecule has 6 rings (SSSR count). The van der Waals surface area contributed by atoms with Crippen LogP contribution in [0.15, 0.2) is 12.2 Å². The zero-order chi connectivity index (χ0) is 22.6. The van der Waals surface area contributed by atoms with E-state index in [2.05, 4.69) is 6.58 Å². The molecule has 0 amide bonds. The van der Waals surface area contributed by atoms with E-state index in [1.54, 1.807) is 0 Å². The number of hydrogen-bond acceptors (Lipinski definition) is 7. The summed E-state index contributed by atoms with van der Waals surface area (Å²) in [7, 11) is 0. The van der Waals surface area contributed by atoms with Gasteiger partial charge in [0.1, 0.15) is 11.5 Å². The molecule has 6 fully saturated rings. The fraction of sp³-hybridized carbons (Fsp3) is 0.875. The normalized spacial score (nSPS) is 54.6. The molecule has 0 aromatic heterocycles. The quantitative estimate of drug-likeness (QED) is 0.390. The maximum Gasteiger partial charge on any atom is 0.211 e. The highest BCUT2D eigenvalue weighted by atomic mass is 16.8. The van der Waals surface area contributed by atoms with E-state index >= 15 is 0 Å². The van der Waals surface area contributed by atoms with Crippen molar-refractivity contribution in [3.8, 4) is 0 Å². The first-order valence-electron chi connectivity index (χ1n) is 11.8. The summed E-state index contributed by atoms with van der Waals surface area (Å²) >= 11 is 0. The topological polar surface area (TPSA) is 116 Å². The zero-order valence-corrected chi connectivity index (χ0v) is 18.7. The molecule has 31 heavy (non-hydrogen) atoms. The summed E-state index contributed by atoms with van der Waals surface area (Å²) in [6, 6.07) is 0. The summed E-state index contributed by atoms with van der Waals surface area (Å²) < 4.78 is 12.3. The molecule has 10 atom stereocenters. The van der Waals surface area contributed by atoms with Crippen molar-refractivity contribution in [2.75, 3.05) is 6.61 Å². The van der Waals surface area contributed by atoms with E-state index in [9.17, 15) is 25.2 Å². The van der Waals surface area contributed by atoms with Gasteiger partial charge in [-0.1, -0.05) is 33.8 Å². The van der Waals surface area contributed by atoms with Gasteiger partial charge in [0.25, 0.3) is 0 Å². The van der Waals surface area contributed by atoms with Gasteiger partial charge in [0.05, 0.1) is 17.6 Å². The van der Waals surface area contributed by atoms with Crippen LogP contribution in [0.25, 0.3) is 0 Å². The number of aliphatic hydroxyl groups is 4. The van der Waals surface area contributed by atoms with E-state index in [0.717, 1.165) is 12.8 Å². The van der Waals surface area contributed by atoms with Gasteiger partial charge in [0, 0.05) is 18.4 Å². The van der Waals surface area contributed by atoms with Gasteiger partial charge in [-0.05, 0) is 49.0 Å². The maximum atomic E-state index is 13.7. The predicted octanol–water partition coefficient (Wildman–Crippen LogP) is 1.52. The molecule has 0 radical (unpaired) electrons. The average Bonchev–Trinajstić information content (AvgIpc) is 2.82. The van der Waals surface area contributed by atoms with E-state index in [-0.39, 0.29) is 5.57 Å². The van der Waals surface area contributed by atoms with Crippen molar-refractivity contribution in [2.45, 2.75) is 89.7 Å². The molecule has 2 aliphatic heterocycles. The molecule has 0 unspecified atom stereocenters. The molecule has 2 heterocycles. The molecule has 0 aromatic carbocycles. The average molecular weight is 437 g/mol. The van der Waals surface area contributed by atoms with Crippen LogP contribution in [-0.4, -0.2) is 63.2 Å². The second-order valence-corrected chi connectivity index (χ2v) is 11.2. The number of rotatable bonds is 4. The monoisotopic (exact) mass is 436 g/mol. The summed E-state index contributed by atoms with van der Waals surface area (Å²) in [5, 5.41) is 46.6. The van der Waals surface area contributed by atoms with Crippen molar-refractivity contribution >= 4 is 5.78 Å². The van der Waals surface area contributed by atoms with Crippen LogP contribution in [0.4, 0.5) is 0 Å². The lowest BCUT2D eigenvalue weighted by molar-refractivity contribution is -0.511. The van der Waals surface area contributed by atoms with Crippen LogP contribution in [0.1, 0.15) is 59.3 Å². The highest BCUT2D eigenvalue weighted by Crippen LogP contribution is 2.78. The van der Waals surface area contributed by atoms with Gasteiger partial charge in [0.15, 0.2) is 12.1 Å². The van der Waals surface area contributed by atoms with Crippen LogP contribution < -0.4 is 0 Å². The van der Waals surface area contributed by atoms with Crippen LogP contribution in [0.2, 0.25) is 0 Å². The molecule has 2 spiro atoms. The van der Waals surface area contributed by atoms with Gasteiger partial charge >= 0.3 is 0 Å². The Kier molecular flexibility index (Phi) is 4.69. The number of hydrogen-bond donors (Lipinski definition) is 4. The Morgan fingerprint density at radius 2 is 1.87 bits per heavy atom. The summed E-state index contributed by atoms with van der Waals surface area (Å²) in [4.78, 5) is 13.7. The lowest BCUT2D eigenvalue weighted by atomic mass is 9.35. The summed E-state index contributed by atoms with van der Waals surface area (Å²) in [6.45, 7) is 10.4. The first-order chi connectivity index (χ1) is 14.5. The fourth-order valence-electron chi connectivity index (χ4n) is 8.45. The Bertz CT molecular complexity index is 810. The Morgan fingerprint density at radius 1 is 1.16 bits per heavy atom. The van der Waals surface area contributed by atoms with Gasteiger partial charge in [-0.2, -0.15) is 0 Å². The van der Waals surface area contributed by atoms with Crippen molar-refractivity contribution in [2.24, 2.45) is 34.0 Å².